The van der Waals surface area contributed by atoms with Gasteiger partial charge >= 0.3 is 10.2 Å². The second kappa shape index (κ2) is 10.3. The van der Waals surface area contributed by atoms with Crippen LogP contribution in [0.25, 0.3) is 0 Å². The average molecular weight is 507 g/mol. The van der Waals surface area contributed by atoms with E-state index >= 15 is 0 Å². The third-order valence-electron chi connectivity index (χ3n) is 7.75. The Labute approximate surface area is 198 Å². The van der Waals surface area contributed by atoms with Crippen LogP contribution >= 0.6 is 0 Å². The maximum Gasteiger partial charge on any atom is 0.332 e. The Hall–Kier alpha value is -0.686. The predicted octanol–water partition coefficient (Wildman–Crippen LogP) is 5.24. The van der Waals surface area contributed by atoms with E-state index in [9.17, 15) is 13.2 Å². The van der Waals surface area contributed by atoms with Crippen LogP contribution in [0, 0.1) is 0 Å². The van der Waals surface area contributed by atoms with Gasteiger partial charge in [-0.15, -0.1) is 0 Å². The van der Waals surface area contributed by atoms with Gasteiger partial charge in [0.2, 0.25) is 0 Å². The molecule has 1 aliphatic heterocycles. The molecule has 7 nitrogen and oxygen atoms in total. The fourth-order valence-electron chi connectivity index (χ4n) is 2.74. The fraction of sp³-hybridized carbons (Fsp3) is 0.864. The highest BCUT2D eigenvalue weighted by atomic mass is 32.2. The summed E-state index contributed by atoms with van der Waals surface area (Å²) in [5.41, 5.74) is 0.361. The van der Waals surface area contributed by atoms with E-state index in [-0.39, 0.29) is 23.5 Å². The number of hydrogen-bond acceptors (Lipinski definition) is 5. The monoisotopic (exact) mass is 506 g/mol. The minimum atomic E-state index is -4.03. The summed E-state index contributed by atoms with van der Waals surface area (Å²) in [6, 6.07) is 1.83. The normalized spacial score (nSPS) is 18.2. The maximum atomic E-state index is 13.1. The van der Waals surface area contributed by atoms with E-state index < -0.39 is 32.3 Å². The number of nitrogens with zero attached hydrogens (tertiary/aromatic N) is 2. The Morgan fingerprint density at radius 2 is 1.19 bits per heavy atom. The van der Waals surface area contributed by atoms with E-state index in [2.05, 4.69) is 67.7 Å². The summed E-state index contributed by atoms with van der Waals surface area (Å²) in [7, 11) is -7.08. The fourth-order valence-corrected chi connectivity index (χ4v) is 6.89. The Bertz CT molecular complexity index is 796. The number of carbonyl (C=O) groups is 1. The van der Waals surface area contributed by atoms with Gasteiger partial charge in [0.1, 0.15) is 13.5 Å². The molecule has 0 aliphatic carbocycles. The van der Waals surface area contributed by atoms with Crippen molar-refractivity contribution in [3.63, 3.8) is 0 Å². The average Bonchev–Trinajstić information content (AvgIpc) is 2.57. The van der Waals surface area contributed by atoms with Crippen LogP contribution in [0.2, 0.25) is 48.4 Å². The van der Waals surface area contributed by atoms with Crippen molar-refractivity contribution in [1.29, 1.82) is 0 Å². The summed E-state index contributed by atoms with van der Waals surface area (Å²) in [5, 5.41) is 0.468. The largest absolute Gasteiger partial charge is 0.360 e. The van der Waals surface area contributed by atoms with E-state index in [4.69, 9.17) is 9.47 Å². The first-order valence-electron chi connectivity index (χ1n) is 11.4. The molecule has 0 bridgehead atoms. The first-order chi connectivity index (χ1) is 14.2. The predicted molar refractivity (Wildman–Crippen MR) is 137 cm³/mol. The third-order valence-corrected chi connectivity index (χ3v) is 20.6. The molecule has 0 aromatic rings. The smallest absolute Gasteiger partial charge is 0.332 e. The highest BCUT2D eigenvalue weighted by molar-refractivity contribution is 7.87. The number of amides is 1. The minimum absolute atomic E-state index is 0.104. The van der Waals surface area contributed by atoms with Crippen molar-refractivity contribution in [2.45, 2.75) is 96.8 Å². The molecule has 0 atom stereocenters. The van der Waals surface area contributed by atoms with Gasteiger partial charge in [-0.1, -0.05) is 67.7 Å². The van der Waals surface area contributed by atoms with Crippen molar-refractivity contribution < 1.29 is 22.7 Å². The topological polar surface area (TPSA) is 76.2 Å². The molecule has 32 heavy (non-hydrogen) atoms. The van der Waals surface area contributed by atoms with Crippen LogP contribution in [0.15, 0.2) is 11.8 Å². The van der Waals surface area contributed by atoms with Crippen molar-refractivity contribution >= 4 is 32.3 Å². The molecule has 1 heterocycles. The Morgan fingerprint density at radius 1 is 0.812 bits per heavy atom. The van der Waals surface area contributed by atoms with Crippen LogP contribution in [-0.2, 0) is 24.5 Å². The molecule has 0 radical (unpaired) electrons. The van der Waals surface area contributed by atoms with E-state index in [1.165, 1.54) is 6.08 Å². The highest BCUT2D eigenvalue weighted by Crippen LogP contribution is 2.39. The number of carbonyl (C=O) groups excluding carboxylic acids is 1. The molecule has 0 aromatic carbocycles. The van der Waals surface area contributed by atoms with E-state index in [0.717, 1.165) is 20.7 Å². The molecular formula is C22H46N2O5SSi2. The zero-order chi connectivity index (χ0) is 25.2. The van der Waals surface area contributed by atoms with Gasteiger partial charge in [0.15, 0.2) is 0 Å². The lowest BCUT2D eigenvalue weighted by Crippen LogP contribution is -2.50. The van der Waals surface area contributed by atoms with E-state index in [0.29, 0.717) is 18.9 Å². The maximum absolute atomic E-state index is 13.1. The van der Waals surface area contributed by atoms with Crippen LogP contribution < -0.4 is 0 Å². The lowest BCUT2D eigenvalue weighted by Gasteiger charge is -2.38. The molecular weight excluding hydrogens is 460 g/mol. The van der Waals surface area contributed by atoms with Gasteiger partial charge in [0.05, 0.1) is 16.1 Å². The summed E-state index contributed by atoms with van der Waals surface area (Å²) in [6.07, 6.45) is 1.33. The van der Waals surface area contributed by atoms with Crippen molar-refractivity contribution in [1.82, 2.24) is 8.61 Å². The minimum Gasteiger partial charge on any atom is -0.360 e. The molecule has 10 heteroatoms. The number of hydrogen-bond donors (Lipinski definition) is 0. The van der Waals surface area contributed by atoms with Crippen LogP contribution in [0.5, 0.6) is 0 Å². The lowest BCUT2D eigenvalue weighted by atomic mass is 10.2. The lowest BCUT2D eigenvalue weighted by molar-refractivity contribution is -0.125. The number of allylic oxidation sites excluding steroid dienone is 1. The molecule has 0 N–H and O–H groups in total. The first-order valence-corrected chi connectivity index (χ1v) is 19.2. The van der Waals surface area contributed by atoms with Gasteiger partial charge in [0.25, 0.3) is 5.91 Å². The van der Waals surface area contributed by atoms with Gasteiger partial charge in [-0.05, 0) is 29.1 Å². The van der Waals surface area contributed by atoms with E-state index in [1.807, 2.05) is 0 Å². The number of rotatable bonds is 10. The van der Waals surface area contributed by atoms with Crippen LogP contribution in [-0.4, -0.2) is 65.8 Å². The van der Waals surface area contributed by atoms with Gasteiger partial charge in [-0.2, -0.15) is 12.7 Å². The molecule has 0 fully saturated rings. The van der Waals surface area contributed by atoms with E-state index in [1.54, 1.807) is 6.92 Å². The summed E-state index contributed by atoms with van der Waals surface area (Å²) in [5.74, 6) is -0.577. The standard InChI is InChI=1S/C22H46N2O5SSi2/c1-19-16-20(25)24(18-29-13-15-32(10,11)22(5,6)7)30(26,27)23(19)17-28-12-14-31(8,9)21(2,3)4/h16H,12-15,17-18H2,1-11H3. The summed E-state index contributed by atoms with van der Waals surface area (Å²) < 4.78 is 39.5. The van der Waals surface area contributed by atoms with Gasteiger partial charge in [0, 0.05) is 25.0 Å². The molecule has 0 saturated carbocycles. The SMILES string of the molecule is CC1=CC(=O)N(COCC[Si](C)(C)C(C)(C)C)S(=O)(=O)N1COCC[Si](C)(C)C(C)(C)C. The zero-order valence-electron chi connectivity index (χ0n) is 22.2. The van der Waals surface area contributed by atoms with Crippen LogP contribution in [0.1, 0.15) is 48.5 Å². The van der Waals surface area contributed by atoms with Crippen LogP contribution in [0.3, 0.4) is 0 Å². The van der Waals surface area contributed by atoms with Crippen LogP contribution in [0.4, 0.5) is 0 Å². The Morgan fingerprint density at radius 3 is 1.56 bits per heavy atom. The van der Waals surface area contributed by atoms with Gasteiger partial charge in [-0.25, -0.2) is 4.31 Å². The molecule has 0 spiro atoms. The van der Waals surface area contributed by atoms with Crippen molar-refractivity contribution in [2.75, 3.05) is 26.7 Å². The third kappa shape index (κ3) is 7.15. The zero-order valence-corrected chi connectivity index (χ0v) is 25.0. The van der Waals surface area contributed by atoms with Gasteiger partial charge < -0.3 is 9.47 Å². The van der Waals surface area contributed by atoms with Crippen molar-refractivity contribution in [2.24, 2.45) is 0 Å². The van der Waals surface area contributed by atoms with Crippen molar-refractivity contribution in [3.05, 3.63) is 11.8 Å². The molecule has 0 unspecified atom stereocenters. The molecule has 0 aromatic heterocycles. The Kier molecular flexibility index (Phi) is 9.44. The first kappa shape index (κ1) is 29.3. The Balaban J connectivity index is 2.73. The summed E-state index contributed by atoms with van der Waals surface area (Å²) in [4.78, 5) is 12.4. The summed E-state index contributed by atoms with van der Waals surface area (Å²) in [6.45, 7) is 24.8. The molecule has 188 valence electrons. The quantitative estimate of drug-likeness (QED) is 0.299. The molecule has 1 aliphatic rings. The second-order valence-corrected chi connectivity index (χ2v) is 25.5. The highest BCUT2D eigenvalue weighted by Gasteiger charge is 2.39. The number of ether oxygens (including phenoxy) is 2. The second-order valence-electron chi connectivity index (χ2n) is 12.2. The summed E-state index contributed by atoms with van der Waals surface area (Å²) >= 11 is 0. The van der Waals surface area contributed by atoms with Crippen molar-refractivity contribution in [3.8, 4) is 0 Å². The molecule has 1 amide bonds. The molecule has 0 saturated heterocycles. The van der Waals surface area contributed by atoms with Gasteiger partial charge in [-0.3, -0.25) is 4.79 Å². The molecule has 1 rings (SSSR count).